The molecule has 0 saturated heterocycles. The molecule has 0 aromatic heterocycles. The first-order chi connectivity index (χ1) is 6.97. The van der Waals surface area contributed by atoms with Crippen LogP contribution in [0.5, 0.6) is 0 Å². The first-order valence-electron chi connectivity index (χ1n) is 5.80. The molecule has 5 N–H and O–H groups in total. The third-order valence-electron chi connectivity index (χ3n) is 2.03. The van der Waals surface area contributed by atoms with E-state index in [0.717, 1.165) is 19.5 Å². The lowest BCUT2D eigenvalue weighted by atomic mass is 10.1. The number of rotatable bonds is 7. The van der Waals surface area contributed by atoms with Crippen molar-refractivity contribution in [2.45, 2.75) is 46.2 Å². The zero-order valence-corrected chi connectivity index (χ0v) is 10.5. The van der Waals surface area contributed by atoms with Crippen LogP contribution >= 0.6 is 0 Å². The van der Waals surface area contributed by atoms with Crippen LogP contribution in [0.1, 0.15) is 34.1 Å². The van der Waals surface area contributed by atoms with Crippen molar-refractivity contribution in [2.24, 2.45) is 5.92 Å². The number of nitrogens with one attached hydrogen (secondary N) is 2. The second-order valence-corrected chi connectivity index (χ2v) is 4.66. The molecule has 1 atom stereocenters. The van der Waals surface area contributed by atoms with Gasteiger partial charge < -0.3 is 16.4 Å². The van der Waals surface area contributed by atoms with Crippen LogP contribution < -0.4 is 16.4 Å². The minimum Gasteiger partial charge on any atom is -0.357 e. The highest BCUT2D eigenvalue weighted by molar-refractivity contribution is 5.81. The summed E-state index contributed by atoms with van der Waals surface area (Å²) in [5.41, 5.74) is 3.79. The maximum Gasteiger partial charge on any atom is 0.237 e. The largest absolute Gasteiger partial charge is 0.357 e. The zero-order chi connectivity index (χ0) is 11.8. The van der Waals surface area contributed by atoms with Crippen LogP contribution in [0.4, 0.5) is 0 Å². The van der Waals surface area contributed by atoms with E-state index in [-0.39, 0.29) is 11.9 Å². The monoisotopic (exact) mass is 216 g/mol. The van der Waals surface area contributed by atoms with Crippen molar-refractivity contribution in [1.82, 2.24) is 10.6 Å². The molecule has 1 unspecified atom stereocenters. The normalized spacial score (nSPS) is 13.3. The van der Waals surface area contributed by atoms with Crippen molar-refractivity contribution in [3.63, 3.8) is 0 Å². The summed E-state index contributed by atoms with van der Waals surface area (Å²) < 4.78 is 0. The average Bonchev–Trinajstić information content (AvgIpc) is 2.12. The maximum absolute atomic E-state index is 11.8. The highest BCUT2D eigenvalue weighted by Crippen LogP contribution is 1.95. The van der Waals surface area contributed by atoms with Crippen LogP contribution in [0.3, 0.4) is 0 Å². The lowest BCUT2D eigenvalue weighted by molar-refractivity contribution is -0.368. The van der Waals surface area contributed by atoms with Gasteiger partial charge >= 0.3 is 0 Å². The minimum atomic E-state index is -0.0961. The highest BCUT2D eigenvalue weighted by Gasteiger charge is 2.18. The fourth-order valence-electron chi connectivity index (χ4n) is 1.32. The van der Waals surface area contributed by atoms with Crippen molar-refractivity contribution >= 4 is 5.91 Å². The number of carbonyl (C=O) groups is 1. The minimum absolute atomic E-state index is 0.0961. The number of quaternary nitrogens is 1. The van der Waals surface area contributed by atoms with E-state index in [2.05, 4.69) is 30.2 Å². The molecule has 1 amide bonds. The van der Waals surface area contributed by atoms with E-state index in [4.69, 9.17) is 0 Å². The van der Waals surface area contributed by atoms with Crippen LogP contribution in [-0.2, 0) is 4.79 Å². The summed E-state index contributed by atoms with van der Waals surface area (Å²) in [6.45, 7) is 9.79. The molecule has 0 saturated carbocycles. The fourth-order valence-corrected chi connectivity index (χ4v) is 1.32. The average molecular weight is 216 g/mol. The van der Waals surface area contributed by atoms with Crippen LogP contribution in [-0.4, -0.2) is 31.1 Å². The standard InChI is InChI=1S/C11H25N3O/c1-8(2)7-13-11(15)10(5-6-12)14-9(3)4/h8-10,14H,5-7,12H2,1-4H3,(H,13,15)/p+1. The fraction of sp³-hybridized carbons (Fsp3) is 0.909. The molecular formula is C11H26N3O+. The van der Waals surface area contributed by atoms with Crippen molar-refractivity contribution in [3.8, 4) is 0 Å². The van der Waals surface area contributed by atoms with Crippen LogP contribution in [0.15, 0.2) is 0 Å². The molecule has 0 heterocycles. The third kappa shape index (κ3) is 7.33. The topological polar surface area (TPSA) is 68.8 Å². The van der Waals surface area contributed by atoms with Gasteiger partial charge in [0.05, 0.1) is 12.6 Å². The van der Waals surface area contributed by atoms with Gasteiger partial charge in [0.1, 0.15) is 0 Å². The number of carbonyl (C=O) groups excluding carboxylic acids is 1. The van der Waals surface area contributed by atoms with Gasteiger partial charge in [0.25, 0.3) is 0 Å². The molecule has 0 aromatic carbocycles. The molecule has 15 heavy (non-hydrogen) atoms. The van der Waals surface area contributed by atoms with Gasteiger partial charge in [-0.1, -0.05) is 27.7 Å². The molecule has 0 rings (SSSR count). The quantitative estimate of drug-likeness (QED) is 0.549. The van der Waals surface area contributed by atoms with E-state index < -0.39 is 0 Å². The Hall–Kier alpha value is -0.610. The number of hydrogen-bond acceptors (Lipinski definition) is 2. The summed E-state index contributed by atoms with van der Waals surface area (Å²) >= 11 is 0. The SMILES string of the molecule is CC(C)CNC(=O)C(CC[NH3+])NC(C)C. The first kappa shape index (κ1) is 14.4. The summed E-state index contributed by atoms with van der Waals surface area (Å²) in [5.74, 6) is 0.592. The second kappa shape index (κ2) is 7.65. The van der Waals surface area contributed by atoms with Gasteiger partial charge in [0.2, 0.25) is 5.91 Å². The molecule has 4 nitrogen and oxygen atoms in total. The molecule has 4 heteroatoms. The summed E-state index contributed by atoms with van der Waals surface area (Å²) in [6.07, 6.45) is 0.794. The molecule has 0 radical (unpaired) electrons. The van der Waals surface area contributed by atoms with E-state index in [9.17, 15) is 4.79 Å². The van der Waals surface area contributed by atoms with Crippen molar-refractivity contribution in [3.05, 3.63) is 0 Å². The molecule has 0 spiro atoms. The summed E-state index contributed by atoms with van der Waals surface area (Å²) in [5, 5.41) is 6.20. The van der Waals surface area contributed by atoms with E-state index in [1.807, 2.05) is 13.8 Å². The van der Waals surface area contributed by atoms with Gasteiger partial charge in [0.15, 0.2) is 0 Å². The van der Waals surface area contributed by atoms with Crippen LogP contribution in [0.2, 0.25) is 0 Å². The predicted octanol–water partition coefficient (Wildman–Crippen LogP) is -0.243. The Morgan fingerprint density at radius 1 is 1.27 bits per heavy atom. The number of hydrogen-bond donors (Lipinski definition) is 3. The third-order valence-corrected chi connectivity index (χ3v) is 2.03. The van der Waals surface area contributed by atoms with Crippen molar-refractivity contribution in [1.29, 1.82) is 0 Å². The number of amides is 1. The van der Waals surface area contributed by atoms with Gasteiger partial charge in [0, 0.05) is 19.0 Å². The highest BCUT2D eigenvalue weighted by atomic mass is 16.2. The van der Waals surface area contributed by atoms with Crippen LogP contribution in [0.25, 0.3) is 0 Å². The molecule has 0 aliphatic heterocycles. The van der Waals surface area contributed by atoms with Gasteiger partial charge in [-0.05, 0) is 5.92 Å². The van der Waals surface area contributed by atoms with Crippen molar-refractivity contribution < 1.29 is 10.5 Å². The van der Waals surface area contributed by atoms with E-state index in [1.165, 1.54) is 0 Å². The Bertz CT molecular complexity index is 181. The lowest BCUT2D eigenvalue weighted by Crippen LogP contribution is -2.56. The molecule has 0 aromatic rings. The smallest absolute Gasteiger partial charge is 0.237 e. The van der Waals surface area contributed by atoms with Crippen LogP contribution in [0, 0.1) is 5.92 Å². The Labute approximate surface area is 93.0 Å². The van der Waals surface area contributed by atoms with Crippen molar-refractivity contribution in [2.75, 3.05) is 13.1 Å². The Morgan fingerprint density at radius 2 is 1.87 bits per heavy atom. The molecule has 0 aliphatic carbocycles. The summed E-state index contributed by atoms with van der Waals surface area (Å²) in [6, 6.07) is 0.229. The molecule has 0 bridgehead atoms. The Morgan fingerprint density at radius 3 is 2.27 bits per heavy atom. The zero-order valence-electron chi connectivity index (χ0n) is 10.5. The molecular weight excluding hydrogens is 190 g/mol. The molecule has 0 aliphatic rings. The van der Waals surface area contributed by atoms with Gasteiger partial charge in [-0.25, -0.2) is 0 Å². The van der Waals surface area contributed by atoms with E-state index in [1.54, 1.807) is 0 Å². The second-order valence-electron chi connectivity index (χ2n) is 4.66. The van der Waals surface area contributed by atoms with E-state index in [0.29, 0.717) is 12.0 Å². The van der Waals surface area contributed by atoms with E-state index >= 15 is 0 Å². The summed E-state index contributed by atoms with van der Waals surface area (Å²) in [4.78, 5) is 11.8. The van der Waals surface area contributed by atoms with Gasteiger partial charge in [-0.15, -0.1) is 0 Å². The summed E-state index contributed by atoms with van der Waals surface area (Å²) in [7, 11) is 0. The van der Waals surface area contributed by atoms with Gasteiger partial charge in [-0.3, -0.25) is 4.79 Å². The predicted molar refractivity (Wildman–Crippen MR) is 62.3 cm³/mol. The maximum atomic E-state index is 11.8. The lowest BCUT2D eigenvalue weighted by Gasteiger charge is -2.20. The Balaban J connectivity index is 4.04. The Kier molecular flexibility index (Phi) is 7.34. The first-order valence-corrected chi connectivity index (χ1v) is 5.80. The molecule has 0 fully saturated rings. The van der Waals surface area contributed by atoms with Gasteiger partial charge in [-0.2, -0.15) is 0 Å². The molecule has 90 valence electrons.